The lowest BCUT2D eigenvalue weighted by atomic mass is 9.91. The molecular formula is C21H35N3O11. The van der Waals surface area contributed by atoms with Crippen LogP contribution in [0.3, 0.4) is 0 Å². The molecule has 0 amide bonds. The second kappa shape index (κ2) is 17.4. The molecule has 0 radical (unpaired) electrons. The highest BCUT2D eigenvalue weighted by Crippen LogP contribution is 2.19. The van der Waals surface area contributed by atoms with Crippen LogP contribution in [-0.2, 0) is 28.8 Å². The van der Waals surface area contributed by atoms with Gasteiger partial charge >= 0.3 is 29.8 Å². The smallest absolute Gasteiger partial charge is 0.317 e. The third kappa shape index (κ3) is 15.4. The van der Waals surface area contributed by atoms with Gasteiger partial charge in [-0.1, -0.05) is 12.8 Å². The molecule has 0 bridgehead atoms. The Morgan fingerprint density at radius 2 is 1.14 bits per heavy atom. The van der Waals surface area contributed by atoms with Crippen LogP contribution >= 0.6 is 0 Å². The van der Waals surface area contributed by atoms with E-state index in [-0.39, 0.29) is 32.2 Å². The van der Waals surface area contributed by atoms with Crippen LogP contribution in [0, 0.1) is 5.92 Å². The summed E-state index contributed by atoms with van der Waals surface area (Å²) < 4.78 is 0. The first-order valence-corrected chi connectivity index (χ1v) is 11.2. The predicted molar refractivity (Wildman–Crippen MR) is 120 cm³/mol. The van der Waals surface area contributed by atoms with Gasteiger partial charge in [-0.15, -0.1) is 0 Å². The molecule has 0 aliphatic carbocycles. The maximum atomic E-state index is 13.0. The number of carbonyl (C=O) groups excluding carboxylic acids is 1. The van der Waals surface area contributed by atoms with Crippen molar-refractivity contribution in [1.82, 2.24) is 9.80 Å². The lowest BCUT2D eigenvalue weighted by molar-refractivity contribution is -0.148. The minimum Gasteiger partial charge on any atom is -0.481 e. The number of carbonyl (C=O) groups is 6. The molecule has 7 N–H and O–H groups in total. The lowest BCUT2D eigenvalue weighted by Gasteiger charge is -2.29. The van der Waals surface area contributed by atoms with Crippen molar-refractivity contribution < 1.29 is 54.3 Å². The highest BCUT2D eigenvalue weighted by atomic mass is 16.4. The third-order valence-corrected chi connectivity index (χ3v) is 5.21. The summed E-state index contributed by atoms with van der Waals surface area (Å²) in [7, 11) is 0. The molecule has 0 fully saturated rings. The number of carboxylic acids is 5. The van der Waals surface area contributed by atoms with Crippen molar-refractivity contribution in [2.75, 3.05) is 39.3 Å². The van der Waals surface area contributed by atoms with E-state index in [0.717, 1.165) is 4.90 Å². The SMILES string of the molecule is NCCCC[C@H](CC(=O)[C@H](CCCCN(CC(=O)O)CC(=O)O)N(CC(=O)O)CC(=O)O)C(=O)O. The fourth-order valence-corrected chi connectivity index (χ4v) is 3.67. The number of Topliss-reactive ketones (excluding diaryl/α,β-unsaturated/α-hetero) is 1. The molecule has 14 heteroatoms. The van der Waals surface area contributed by atoms with Crippen LogP contribution in [0.15, 0.2) is 0 Å². The molecule has 0 aliphatic rings. The summed E-state index contributed by atoms with van der Waals surface area (Å²) in [4.78, 5) is 71.2. The maximum absolute atomic E-state index is 13.0. The normalized spacial score (nSPS) is 12.9. The van der Waals surface area contributed by atoms with Crippen LogP contribution in [0.2, 0.25) is 0 Å². The summed E-state index contributed by atoms with van der Waals surface area (Å²) in [5, 5.41) is 45.6. The van der Waals surface area contributed by atoms with E-state index < -0.39 is 80.2 Å². The first kappa shape index (κ1) is 31.9. The minimum atomic E-state index is -1.36. The zero-order valence-electron chi connectivity index (χ0n) is 19.5. The van der Waals surface area contributed by atoms with Gasteiger partial charge in [0.15, 0.2) is 5.78 Å². The number of nitrogens with zero attached hydrogens (tertiary/aromatic N) is 2. The Hall–Kier alpha value is -3.10. The fourth-order valence-electron chi connectivity index (χ4n) is 3.67. The zero-order valence-corrected chi connectivity index (χ0v) is 19.5. The van der Waals surface area contributed by atoms with Crippen molar-refractivity contribution in [3.05, 3.63) is 0 Å². The summed E-state index contributed by atoms with van der Waals surface area (Å²) in [6.07, 6.45) is 1.26. The molecule has 0 spiro atoms. The monoisotopic (exact) mass is 505 g/mol. The second-order valence-electron chi connectivity index (χ2n) is 8.19. The second-order valence-corrected chi connectivity index (χ2v) is 8.19. The molecule has 0 heterocycles. The highest BCUT2D eigenvalue weighted by molar-refractivity contribution is 5.88. The molecule has 0 aromatic carbocycles. The number of ketones is 1. The van der Waals surface area contributed by atoms with E-state index in [9.17, 15) is 44.1 Å². The van der Waals surface area contributed by atoms with Gasteiger partial charge in [0.25, 0.3) is 0 Å². The van der Waals surface area contributed by atoms with Crippen LogP contribution in [0.5, 0.6) is 0 Å². The molecule has 14 nitrogen and oxygen atoms in total. The van der Waals surface area contributed by atoms with E-state index in [2.05, 4.69) is 0 Å². The van der Waals surface area contributed by atoms with Crippen molar-refractivity contribution in [1.29, 1.82) is 0 Å². The van der Waals surface area contributed by atoms with E-state index in [1.807, 2.05) is 0 Å². The van der Waals surface area contributed by atoms with Crippen LogP contribution in [0.25, 0.3) is 0 Å². The molecule has 0 rings (SSSR count). The summed E-state index contributed by atoms with van der Waals surface area (Å²) in [6.45, 7) is -2.11. The Kier molecular flexibility index (Phi) is 15.8. The molecule has 0 aromatic rings. The van der Waals surface area contributed by atoms with Gasteiger partial charge in [0.1, 0.15) is 0 Å². The van der Waals surface area contributed by atoms with Gasteiger partial charge < -0.3 is 31.3 Å². The molecule has 0 saturated carbocycles. The Morgan fingerprint density at radius 1 is 0.657 bits per heavy atom. The maximum Gasteiger partial charge on any atom is 0.317 e. The fraction of sp³-hybridized carbons (Fsp3) is 0.714. The summed E-state index contributed by atoms with van der Waals surface area (Å²) in [6, 6.07) is -1.19. The summed E-state index contributed by atoms with van der Waals surface area (Å²) >= 11 is 0. The number of unbranched alkanes of at least 4 members (excludes halogenated alkanes) is 2. The lowest BCUT2D eigenvalue weighted by Crippen LogP contribution is -2.47. The summed E-state index contributed by atoms with van der Waals surface area (Å²) in [5.74, 6) is -8.01. The minimum absolute atomic E-state index is 0.0114. The molecule has 0 aromatic heterocycles. The Labute approximate surface area is 202 Å². The summed E-state index contributed by atoms with van der Waals surface area (Å²) in [5.41, 5.74) is 5.41. The van der Waals surface area contributed by atoms with E-state index in [0.29, 0.717) is 19.4 Å². The van der Waals surface area contributed by atoms with Crippen molar-refractivity contribution in [3.8, 4) is 0 Å². The number of nitrogens with two attached hydrogens (primary N) is 1. The number of carboxylic acid groups (broad SMARTS) is 5. The van der Waals surface area contributed by atoms with E-state index in [4.69, 9.17) is 15.9 Å². The van der Waals surface area contributed by atoms with Crippen molar-refractivity contribution >= 4 is 35.6 Å². The van der Waals surface area contributed by atoms with Crippen molar-refractivity contribution in [2.24, 2.45) is 11.7 Å². The zero-order chi connectivity index (χ0) is 27.0. The standard InChI is InChI=1S/C21H35N3O11/c22-7-3-1-5-14(21(34)35)9-16(25)15(24(12-19(30)31)13-20(32)33)6-2-4-8-23(10-17(26)27)11-18(28)29/h14-15H,1-13,22H2,(H,26,27)(H,28,29)(H,30,31)(H,32,33)(H,34,35)/t14-,15+/m1/s1. The predicted octanol–water partition coefficient (Wildman–Crippen LogP) is -0.743. The molecule has 35 heavy (non-hydrogen) atoms. The van der Waals surface area contributed by atoms with Crippen LogP contribution in [0.4, 0.5) is 0 Å². The number of hydrogen-bond donors (Lipinski definition) is 6. The Balaban J connectivity index is 5.46. The first-order chi connectivity index (χ1) is 16.4. The van der Waals surface area contributed by atoms with Gasteiger partial charge in [0.05, 0.1) is 38.1 Å². The Bertz CT molecular complexity index is 712. The molecule has 0 aliphatic heterocycles. The molecule has 0 saturated heterocycles. The molecule has 0 unspecified atom stereocenters. The van der Waals surface area contributed by atoms with Gasteiger partial charge in [0.2, 0.25) is 0 Å². The van der Waals surface area contributed by atoms with Crippen molar-refractivity contribution in [3.63, 3.8) is 0 Å². The van der Waals surface area contributed by atoms with Gasteiger partial charge in [-0.25, -0.2) is 0 Å². The van der Waals surface area contributed by atoms with E-state index in [1.54, 1.807) is 0 Å². The van der Waals surface area contributed by atoms with Crippen LogP contribution < -0.4 is 5.73 Å². The van der Waals surface area contributed by atoms with Crippen molar-refractivity contribution in [2.45, 2.75) is 51.0 Å². The number of rotatable bonds is 22. The van der Waals surface area contributed by atoms with E-state index >= 15 is 0 Å². The van der Waals surface area contributed by atoms with Gasteiger partial charge in [-0.2, -0.15) is 0 Å². The molecule has 2 atom stereocenters. The van der Waals surface area contributed by atoms with Crippen LogP contribution in [0.1, 0.15) is 44.9 Å². The largest absolute Gasteiger partial charge is 0.481 e. The molecular weight excluding hydrogens is 470 g/mol. The average Bonchev–Trinajstić information content (AvgIpc) is 2.70. The first-order valence-electron chi connectivity index (χ1n) is 11.2. The van der Waals surface area contributed by atoms with Gasteiger partial charge in [-0.05, 0) is 38.8 Å². The topological polar surface area (TPSA) is 236 Å². The number of hydrogen-bond acceptors (Lipinski definition) is 9. The van der Waals surface area contributed by atoms with Crippen LogP contribution in [-0.4, -0.2) is 116 Å². The Morgan fingerprint density at radius 3 is 1.57 bits per heavy atom. The molecule has 200 valence electrons. The van der Waals surface area contributed by atoms with Gasteiger partial charge in [-0.3, -0.25) is 38.6 Å². The highest BCUT2D eigenvalue weighted by Gasteiger charge is 2.32. The average molecular weight is 506 g/mol. The van der Waals surface area contributed by atoms with E-state index in [1.165, 1.54) is 4.90 Å². The quantitative estimate of drug-likeness (QED) is 0.0994. The number of aliphatic carboxylic acids is 5. The third-order valence-electron chi connectivity index (χ3n) is 5.21. The van der Waals surface area contributed by atoms with Gasteiger partial charge in [0, 0.05) is 6.42 Å².